The zero-order valence-electron chi connectivity index (χ0n) is 17.5. The lowest BCUT2D eigenvalue weighted by atomic mass is 9.89. The van der Waals surface area contributed by atoms with E-state index >= 15 is 0 Å². The summed E-state index contributed by atoms with van der Waals surface area (Å²) in [5.41, 5.74) is 10.4. The molecule has 1 fully saturated rings. The number of piperidine rings is 1. The van der Waals surface area contributed by atoms with Crippen LogP contribution in [-0.4, -0.2) is 42.2 Å². The van der Waals surface area contributed by atoms with Crippen molar-refractivity contribution in [2.24, 2.45) is 0 Å². The molecule has 6 heteroatoms. The molecule has 2 aromatic carbocycles. The van der Waals surface area contributed by atoms with Gasteiger partial charge in [-0.25, -0.2) is 9.97 Å². The monoisotopic (exact) mass is 404 g/mol. The molecule has 1 aliphatic heterocycles. The maximum absolute atomic E-state index is 5.98. The van der Waals surface area contributed by atoms with Crippen LogP contribution in [0.5, 0.6) is 11.5 Å². The Labute approximate surface area is 177 Å². The molecule has 0 unspecified atom stereocenters. The summed E-state index contributed by atoms with van der Waals surface area (Å²) in [4.78, 5) is 11.4. The SMILES string of the molecule is COc1ccc(CN2CCC[C@@H](c3nc(N)ncc3-c3ccc(OC)cc3)C2)cc1. The average Bonchev–Trinajstić information content (AvgIpc) is 2.80. The van der Waals surface area contributed by atoms with Gasteiger partial charge in [-0.3, -0.25) is 4.90 Å². The number of hydrogen-bond acceptors (Lipinski definition) is 6. The van der Waals surface area contributed by atoms with Gasteiger partial charge in [-0.2, -0.15) is 0 Å². The number of benzene rings is 2. The summed E-state index contributed by atoms with van der Waals surface area (Å²) in [6, 6.07) is 16.3. The fraction of sp³-hybridized carbons (Fsp3) is 0.333. The number of nitrogen functional groups attached to an aromatic ring is 1. The number of nitrogens with two attached hydrogens (primary N) is 1. The van der Waals surface area contributed by atoms with Crippen LogP contribution in [0.3, 0.4) is 0 Å². The van der Waals surface area contributed by atoms with E-state index in [0.717, 1.165) is 60.8 Å². The van der Waals surface area contributed by atoms with Crippen LogP contribution in [0.2, 0.25) is 0 Å². The molecule has 0 spiro atoms. The Balaban J connectivity index is 1.55. The first-order valence-corrected chi connectivity index (χ1v) is 10.3. The molecule has 6 nitrogen and oxygen atoms in total. The fourth-order valence-corrected chi connectivity index (χ4v) is 4.12. The highest BCUT2D eigenvalue weighted by Crippen LogP contribution is 2.34. The Hall–Kier alpha value is -3.12. The lowest BCUT2D eigenvalue weighted by Gasteiger charge is -2.33. The van der Waals surface area contributed by atoms with Gasteiger partial charge in [-0.05, 0) is 54.8 Å². The second-order valence-corrected chi connectivity index (χ2v) is 7.68. The molecule has 4 rings (SSSR count). The highest BCUT2D eigenvalue weighted by atomic mass is 16.5. The van der Waals surface area contributed by atoms with Crippen molar-refractivity contribution in [1.82, 2.24) is 14.9 Å². The summed E-state index contributed by atoms with van der Waals surface area (Å²) in [7, 11) is 3.37. The molecular formula is C24H28N4O2. The smallest absolute Gasteiger partial charge is 0.220 e. The first kappa shape index (κ1) is 20.2. The van der Waals surface area contributed by atoms with E-state index in [4.69, 9.17) is 15.2 Å². The lowest BCUT2D eigenvalue weighted by Crippen LogP contribution is -2.34. The summed E-state index contributed by atoms with van der Waals surface area (Å²) in [6.45, 7) is 2.95. The molecule has 0 bridgehead atoms. The minimum atomic E-state index is 0.319. The second kappa shape index (κ2) is 9.13. The molecule has 3 aromatic rings. The number of ether oxygens (including phenoxy) is 2. The van der Waals surface area contributed by atoms with Gasteiger partial charge in [0.2, 0.25) is 5.95 Å². The molecule has 0 saturated carbocycles. The Morgan fingerprint density at radius 3 is 2.33 bits per heavy atom. The van der Waals surface area contributed by atoms with Gasteiger partial charge in [-0.15, -0.1) is 0 Å². The first-order chi connectivity index (χ1) is 14.7. The zero-order chi connectivity index (χ0) is 20.9. The number of nitrogens with zero attached hydrogens (tertiary/aromatic N) is 3. The highest BCUT2D eigenvalue weighted by Gasteiger charge is 2.25. The van der Waals surface area contributed by atoms with Gasteiger partial charge in [0.15, 0.2) is 0 Å². The Bertz CT molecular complexity index is 974. The number of methoxy groups -OCH3 is 2. The minimum absolute atomic E-state index is 0.319. The highest BCUT2D eigenvalue weighted by molar-refractivity contribution is 5.67. The molecule has 2 heterocycles. The first-order valence-electron chi connectivity index (χ1n) is 10.3. The van der Waals surface area contributed by atoms with Crippen LogP contribution in [-0.2, 0) is 6.54 Å². The molecule has 156 valence electrons. The van der Waals surface area contributed by atoms with Crippen molar-refractivity contribution in [1.29, 1.82) is 0 Å². The summed E-state index contributed by atoms with van der Waals surface area (Å²) in [5, 5.41) is 0. The van der Waals surface area contributed by atoms with E-state index in [1.165, 1.54) is 5.56 Å². The Morgan fingerprint density at radius 2 is 1.67 bits per heavy atom. The van der Waals surface area contributed by atoms with E-state index in [0.29, 0.717) is 11.9 Å². The molecule has 0 aliphatic carbocycles. The van der Waals surface area contributed by atoms with Gasteiger partial charge < -0.3 is 15.2 Å². The summed E-state index contributed by atoms with van der Waals surface area (Å²) < 4.78 is 10.6. The Morgan fingerprint density at radius 1 is 1.00 bits per heavy atom. The number of likely N-dealkylation sites (tertiary alicyclic amines) is 1. The van der Waals surface area contributed by atoms with Crippen LogP contribution < -0.4 is 15.2 Å². The van der Waals surface area contributed by atoms with Crippen molar-refractivity contribution in [3.8, 4) is 22.6 Å². The number of anilines is 1. The normalized spacial score (nSPS) is 16.9. The van der Waals surface area contributed by atoms with E-state index in [2.05, 4.69) is 39.1 Å². The van der Waals surface area contributed by atoms with E-state index in [-0.39, 0.29) is 0 Å². The van der Waals surface area contributed by atoms with Crippen LogP contribution in [0.4, 0.5) is 5.95 Å². The zero-order valence-corrected chi connectivity index (χ0v) is 17.5. The predicted octanol–water partition coefficient (Wildman–Crippen LogP) is 4.12. The van der Waals surface area contributed by atoms with E-state index in [1.54, 1.807) is 14.2 Å². The molecule has 0 radical (unpaired) electrons. The summed E-state index contributed by atoms with van der Waals surface area (Å²) in [6.07, 6.45) is 4.08. The van der Waals surface area contributed by atoms with Gasteiger partial charge in [0.25, 0.3) is 0 Å². The number of hydrogen-bond donors (Lipinski definition) is 1. The average molecular weight is 405 g/mol. The van der Waals surface area contributed by atoms with Gasteiger partial charge in [0.05, 0.1) is 19.9 Å². The quantitative estimate of drug-likeness (QED) is 0.666. The fourth-order valence-electron chi connectivity index (χ4n) is 4.12. The van der Waals surface area contributed by atoms with Gasteiger partial charge in [-0.1, -0.05) is 24.3 Å². The lowest BCUT2D eigenvalue weighted by molar-refractivity contribution is 0.198. The van der Waals surface area contributed by atoms with Crippen LogP contribution in [0, 0.1) is 0 Å². The van der Waals surface area contributed by atoms with Crippen molar-refractivity contribution in [3.63, 3.8) is 0 Å². The van der Waals surface area contributed by atoms with Crippen molar-refractivity contribution < 1.29 is 9.47 Å². The third-order valence-corrected chi connectivity index (χ3v) is 5.70. The predicted molar refractivity (Wildman–Crippen MR) is 119 cm³/mol. The number of rotatable bonds is 6. The van der Waals surface area contributed by atoms with Crippen LogP contribution in [0.25, 0.3) is 11.1 Å². The maximum Gasteiger partial charge on any atom is 0.220 e. The molecule has 1 aromatic heterocycles. The minimum Gasteiger partial charge on any atom is -0.497 e. The summed E-state index contributed by atoms with van der Waals surface area (Å²) in [5.74, 6) is 2.37. The largest absolute Gasteiger partial charge is 0.497 e. The topological polar surface area (TPSA) is 73.5 Å². The van der Waals surface area contributed by atoms with Crippen LogP contribution in [0.15, 0.2) is 54.7 Å². The van der Waals surface area contributed by atoms with E-state index in [1.807, 2.05) is 30.5 Å². The van der Waals surface area contributed by atoms with E-state index in [9.17, 15) is 0 Å². The molecule has 1 atom stereocenters. The second-order valence-electron chi connectivity index (χ2n) is 7.68. The van der Waals surface area contributed by atoms with Crippen molar-refractivity contribution >= 4 is 5.95 Å². The third kappa shape index (κ3) is 4.54. The standard InChI is InChI=1S/C24H28N4O2/c1-29-20-9-5-17(6-10-20)15-28-13-3-4-19(16-28)23-22(14-26-24(25)27-23)18-7-11-21(30-2)12-8-18/h5-12,14,19H,3-4,13,15-16H2,1-2H3,(H2,25,26,27)/t19-/m1/s1. The number of aromatic nitrogens is 2. The molecule has 0 amide bonds. The molecule has 30 heavy (non-hydrogen) atoms. The maximum atomic E-state index is 5.98. The Kier molecular flexibility index (Phi) is 6.14. The van der Waals surface area contributed by atoms with Crippen molar-refractivity contribution in [2.45, 2.75) is 25.3 Å². The van der Waals surface area contributed by atoms with Crippen molar-refractivity contribution in [3.05, 3.63) is 66.0 Å². The van der Waals surface area contributed by atoms with Crippen LogP contribution >= 0.6 is 0 Å². The molecule has 1 aliphatic rings. The molecular weight excluding hydrogens is 376 g/mol. The summed E-state index contributed by atoms with van der Waals surface area (Å²) >= 11 is 0. The third-order valence-electron chi connectivity index (χ3n) is 5.70. The van der Waals surface area contributed by atoms with Gasteiger partial charge in [0, 0.05) is 30.8 Å². The van der Waals surface area contributed by atoms with E-state index < -0.39 is 0 Å². The molecule has 2 N–H and O–H groups in total. The van der Waals surface area contributed by atoms with Gasteiger partial charge >= 0.3 is 0 Å². The van der Waals surface area contributed by atoms with Crippen LogP contribution in [0.1, 0.15) is 30.0 Å². The van der Waals surface area contributed by atoms with Crippen molar-refractivity contribution in [2.75, 3.05) is 33.0 Å². The van der Waals surface area contributed by atoms with Gasteiger partial charge in [0.1, 0.15) is 11.5 Å². The molecule has 1 saturated heterocycles.